The summed E-state index contributed by atoms with van der Waals surface area (Å²) in [6.45, 7) is 3.43. The SMILES string of the molecule is NC1CCC(CCN2CCC(Oc3cccc(Cl)c3Cl)CC2)CC1. The number of nitrogens with two attached hydrogens (primary N) is 1. The van der Waals surface area contributed by atoms with E-state index in [0.29, 0.717) is 21.8 Å². The number of halogens is 2. The molecule has 3 nitrogen and oxygen atoms in total. The van der Waals surface area contributed by atoms with Crippen LogP contribution in [0.3, 0.4) is 0 Å². The van der Waals surface area contributed by atoms with Crippen molar-refractivity contribution in [1.82, 2.24) is 4.90 Å². The quantitative estimate of drug-likeness (QED) is 0.812. The van der Waals surface area contributed by atoms with E-state index in [1.807, 2.05) is 12.1 Å². The maximum atomic E-state index is 6.21. The number of benzene rings is 1. The lowest BCUT2D eigenvalue weighted by Crippen LogP contribution is -2.39. The molecule has 134 valence electrons. The Labute approximate surface area is 155 Å². The molecule has 1 saturated heterocycles. The molecule has 0 unspecified atom stereocenters. The van der Waals surface area contributed by atoms with Gasteiger partial charge in [0.1, 0.15) is 16.9 Å². The standard InChI is InChI=1S/C19H28Cl2N2O/c20-17-2-1-3-18(19(17)21)24-16-9-12-23(13-10-16)11-8-14-4-6-15(22)7-5-14/h1-3,14-16H,4-13,22H2. The first-order chi connectivity index (χ1) is 11.6. The van der Waals surface area contributed by atoms with Gasteiger partial charge in [-0.1, -0.05) is 29.3 Å². The van der Waals surface area contributed by atoms with Crippen molar-refractivity contribution in [3.8, 4) is 5.75 Å². The predicted molar refractivity (Wildman–Crippen MR) is 101 cm³/mol. The molecule has 1 heterocycles. The Morgan fingerprint density at radius 3 is 2.46 bits per heavy atom. The minimum Gasteiger partial charge on any atom is -0.489 e. The van der Waals surface area contributed by atoms with Crippen LogP contribution in [0.4, 0.5) is 0 Å². The highest BCUT2D eigenvalue weighted by Gasteiger charge is 2.23. The van der Waals surface area contributed by atoms with Crippen LogP contribution < -0.4 is 10.5 Å². The first-order valence-corrected chi connectivity index (χ1v) is 9.96. The van der Waals surface area contributed by atoms with Crippen molar-refractivity contribution in [3.63, 3.8) is 0 Å². The van der Waals surface area contributed by atoms with E-state index in [-0.39, 0.29) is 6.10 Å². The maximum Gasteiger partial charge on any atom is 0.139 e. The molecule has 2 fully saturated rings. The van der Waals surface area contributed by atoms with Crippen molar-refractivity contribution in [3.05, 3.63) is 28.2 Å². The molecule has 1 aromatic carbocycles. The van der Waals surface area contributed by atoms with Gasteiger partial charge < -0.3 is 15.4 Å². The van der Waals surface area contributed by atoms with Crippen LogP contribution in [-0.2, 0) is 0 Å². The van der Waals surface area contributed by atoms with Crippen LogP contribution in [0.2, 0.25) is 10.0 Å². The zero-order valence-electron chi connectivity index (χ0n) is 14.2. The third-order valence-electron chi connectivity index (χ3n) is 5.49. The van der Waals surface area contributed by atoms with E-state index in [0.717, 1.165) is 31.8 Å². The highest BCUT2D eigenvalue weighted by molar-refractivity contribution is 6.42. The number of rotatable bonds is 5. The molecule has 2 aliphatic rings. The van der Waals surface area contributed by atoms with E-state index in [2.05, 4.69) is 4.90 Å². The zero-order chi connectivity index (χ0) is 16.9. The third-order valence-corrected chi connectivity index (χ3v) is 6.29. The summed E-state index contributed by atoms with van der Waals surface area (Å²) in [5.41, 5.74) is 5.99. The Kier molecular flexibility index (Phi) is 6.68. The van der Waals surface area contributed by atoms with Gasteiger partial charge in [-0.2, -0.15) is 0 Å². The van der Waals surface area contributed by atoms with Gasteiger partial charge >= 0.3 is 0 Å². The second-order valence-corrected chi connectivity index (χ2v) is 8.07. The van der Waals surface area contributed by atoms with Crippen LogP contribution in [-0.4, -0.2) is 36.7 Å². The molecular formula is C19H28Cl2N2O. The van der Waals surface area contributed by atoms with Crippen LogP contribution in [0, 0.1) is 5.92 Å². The number of hydrogen-bond acceptors (Lipinski definition) is 3. The van der Waals surface area contributed by atoms with E-state index in [1.54, 1.807) is 6.07 Å². The summed E-state index contributed by atoms with van der Waals surface area (Å²) < 4.78 is 6.06. The van der Waals surface area contributed by atoms with Crippen LogP contribution in [0.5, 0.6) is 5.75 Å². The molecule has 0 spiro atoms. The second-order valence-electron chi connectivity index (χ2n) is 7.28. The average molecular weight is 371 g/mol. The minimum atomic E-state index is 0.241. The number of nitrogens with zero attached hydrogens (tertiary/aromatic N) is 1. The van der Waals surface area contributed by atoms with Crippen molar-refractivity contribution >= 4 is 23.2 Å². The van der Waals surface area contributed by atoms with Crippen LogP contribution >= 0.6 is 23.2 Å². The lowest BCUT2D eigenvalue weighted by molar-refractivity contribution is 0.0953. The van der Waals surface area contributed by atoms with Crippen molar-refractivity contribution in [2.45, 2.75) is 57.1 Å². The molecule has 0 radical (unpaired) electrons. The van der Waals surface area contributed by atoms with Gasteiger partial charge in [-0.05, 0) is 69.5 Å². The Morgan fingerprint density at radius 1 is 1.04 bits per heavy atom. The molecule has 0 atom stereocenters. The molecule has 1 saturated carbocycles. The summed E-state index contributed by atoms with van der Waals surface area (Å²) in [6, 6.07) is 6.02. The normalized spacial score (nSPS) is 26.5. The maximum absolute atomic E-state index is 6.21. The van der Waals surface area contributed by atoms with Crippen LogP contribution in [0.15, 0.2) is 18.2 Å². The predicted octanol–water partition coefficient (Wildman–Crippen LogP) is 4.74. The number of ether oxygens (including phenoxy) is 1. The lowest BCUT2D eigenvalue weighted by atomic mass is 9.84. The highest BCUT2D eigenvalue weighted by Crippen LogP contribution is 2.33. The van der Waals surface area contributed by atoms with Crippen molar-refractivity contribution < 1.29 is 4.74 Å². The number of hydrogen-bond donors (Lipinski definition) is 1. The summed E-state index contributed by atoms with van der Waals surface area (Å²) in [7, 11) is 0. The van der Waals surface area contributed by atoms with E-state index >= 15 is 0 Å². The van der Waals surface area contributed by atoms with Gasteiger partial charge in [-0.25, -0.2) is 0 Å². The van der Waals surface area contributed by atoms with Crippen LogP contribution in [0.25, 0.3) is 0 Å². The van der Waals surface area contributed by atoms with Gasteiger partial charge in [0.2, 0.25) is 0 Å². The molecule has 5 heteroatoms. The molecule has 1 aromatic rings. The summed E-state index contributed by atoms with van der Waals surface area (Å²) in [5.74, 6) is 1.59. The van der Waals surface area contributed by atoms with E-state index in [1.165, 1.54) is 38.6 Å². The molecule has 1 aliphatic carbocycles. The van der Waals surface area contributed by atoms with E-state index in [4.69, 9.17) is 33.7 Å². The molecular weight excluding hydrogens is 343 g/mol. The second kappa shape index (κ2) is 8.75. The highest BCUT2D eigenvalue weighted by atomic mass is 35.5. The fourth-order valence-electron chi connectivity index (χ4n) is 3.85. The van der Waals surface area contributed by atoms with E-state index in [9.17, 15) is 0 Å². The Hall–Kier alpha value is -0.480. The van der Waals surface area contributed by atoms with Gasteiger partial charge in [-0.3, -0.25) is 0 Å². The molecule has 0 bridgehead atoms. The van der Waals surface area contributed by atoms with Crippen molar-refractivity contribution in [1.29, 1.82) is 0 Å². The Balaban J connectivity index is 1.39. The molecule has 24 heavy (non-hydrogen) atoms. The number of piperidine rings is 1. The lowest BCUT2D eigenvalue weighted by Gasteiger charge is -2.34. The average Bonchev–Trinajstić information content (AvgIpc) is 2.60. The first kappa shape index (κ1) is 18.3. The van der Waals surface area contributed by atoms with Crippen molar-refractivity contribution in [2.24, 2.45) is 11.7 Å². The van der Waals surface area contributed by atoms with Gasteiger partial charge in [0.25, 0.3) is 0 Å². The molecule has 0 aromatic heterocycles. The summed E-state index contributed by atoms with van der Waals surface area (Å²) in [4.78, 5) is 2.58. The summed E-state index contributed by atoms with van der Waals surface area (Å²) >= 11 is 12.3. The van der Waals surface area contributed by atoms with E-state index < -0.39 is 0 Å². The first-order valence-electron chi connectivity index (χ1n) is 9.20. The Bertz CT molecular complexity index is 524. The fraction of sp³-hybridized carbons (Fsp3) is 0.684. The monoisotopic (exact) mass is 370 g/mol. The topological polar surface area (TPSA) is 38.5 Å². The largest absolute Gasteiger partial charge is 0.489 e. The third kappa shape index (κ3) is 5.01. The van der Waals surface area contributed by atoms with Gasteiger partial charge in [-0.15, -0.1) is 0 Å². The molecule has 0 amide bonds. The summed E-state index contributed by atoms with van der Waals surface area (Å²) in [5, 5.41) is 1.08. The van der Waals surface area contributed by atoms with Crippen molar-refractivity contribution in [2.75, 3.05) is 19.6 Å². The van der Waals surface area contributed by atoms with Gasteiger partial charge in [0, 0.05) is 19.1 Å². The number of likely N-dealkylation sites (tertiary alicyclic amines) is 1. The minimum absolute atomic E-state index is 0.241. The smallest absolute Gasteiger partial charge is 0.139 e. The van der Waals surface area contributed by atoms with Gasteiger partial charge in [0.15, 0.2) is 0 Å². The molecule has 2 N–H and O–H groups in total. The molecule has 3 rings (SSSR count). The van der Waals surface area contributed by atoms with Crippen LogP contribution in [0.1, 0.15) is 44.9 Å². The van der Waals surface area contributed by atoms with Gasteiger partial charge in [0.05, 0.1) is 5.02 Å². The zero-order valence-corrected chi connectivity index (χ0v) is 15.7. The fourth-order valence-corrected chi connectivity index (χ4v) is 4.18. The summed E-state index contributed by atoms with van der Waals surface area (Å²) in [6.07, 6.45) is 8.71. The Morgan fingerprint density at radius 2 is 1.75 bits per heavy atom. The molecule has 1 aliphatic heterocycles.